The van der Waals surface area contributed by atoms with Crippen molar-refractivity contribution in [3.05, 3.63) is 46.1 Å². The summed E-state index contributed by atoms with van der Waals surface area (Å²) in [6.45, 7) is 2.82. The van der Waals surface area contributed by atoms with Crippen molar-refractivity contribution in [2.75, 3.05) is 17.6 Å². The summed E-state index contributed by atoms with van der Waals surface area (Å²) in [6, 6.07) is 5.97. The van der Waals surface area contributed by atoms with Gasteiger partial charge in [-0.05, 0) is 45.6 Å². The van der Waals surface area contributed by atoms with E-state index >= 15 is 0 Å². The molecule has 0 amide bonds. The third-order valence-corrected chi connectivity index (χ3v) is 6.08. The zero-order valence-corrected chi connectivity index (χ0v) is 18.7. The first-order chi connectivity index (χ1) is 13.2. The summed E-state index contributed by atoms with van der Waals surface area (Å²) < 4.78 is 29.4. The van der Waals surface area contributed by atoms with Gasteiger partial charge in [0, 0.05) is 21.9 Å². The number of anilines is 1. The second-order valence-corrected chi connectivity index (χ2v) is 8.98. The van der Waals surface area contributed by atoms with Gasteiger partial charge in [0.05, 0.1) is 17.8 Å². The molecule has 0 fully saturated rings. The Morgan fingerprint density at radius 1 is 1.17 bits per heavy atom. The van der Waals surface area contributed by atoms with E-state index in [1.165, 1.54) is 23.9 Å². The van der Waals surface area contributed by atoms with E-state index in [1.54, 1.807) is 26.0 Å². The van der Waals surface area contributed by atoms with Gasteiger partial charge in [0.1, 0.15) is 5.82 Å². The van der Waals surface area contributed by atoms with Crippen LogP contribution in [0.3, 0.4) is 0 Å². The molecule has 9 heteroatoms. The van der Waals surface area contributed by atoms with Crippen molar-refractivity contribution in [3.8, 4) is 0 Å². The van der Waals surface area contributed by atoms with E-state index in [1.807, 2.05) is 0 Å². The Morgan fingerprint density at radius 3 is 2.55 bits per heavy atom. The van der Waals surface area contributed by atoms with Crippen LogP contribution in [0, 0.1) is 0 Å². The SMILES string of the molecule is CC(C)(O)CSc1nc2c(c(NCC(F)(F)c3ccccc3Cl)n1)CCCC2.Cl. The summed E-state index contributed by atoms with van der Waals surface area (Å²) >= 11 is 7.28. The first kappa shape index (κ1) is 24.1. The highest BCUT2D eigenvalue weighted by Gasteiger charge is 2.34. The van der Waals surface area contributed by atoms with Crippen molar-refractivity contribution in [2.24, 2.45) is 0 Å². The molecule has 160 valence electrons. The lowest BCUT2D eigenvalue weighted by Gasteiger charge is -2.23. The summed E-state index contributed by atoms with van der Waals surface area (Å²) in [6.07, 6.45) is 3.59. The number of alkyl halides is 2. The van der Waals surface area contributed by atoms with Crippen LogP contribution in [0.1, 0.15) is 43.5 Å². The summed E-state index contributed by atoms with van der Waals surface area (Å²) in [7, 11) is 0. The van der Waals surface area contributed by atoms with Crippen LogP contribution in [0.2, 0.25) is 5.02 Å². The minimum absolute atomic E-state index is 0. The van der Waals surface area contributed by atoms with E-state index in [0.29, 0.717) is 16.7 Å². The van der Waals surface area contributed by atoms with Gasteiger partial charge in [0.15, 0.2) is 5.16 Å². The monoisotopic (exact) mass is 463 g/mol. The number of aryl methyl sites for hydroxylation is 1. The van der Waals surface area contributed by atoms with Gasteiger partial charge in [-0.25, -0.2) is 9.97 Å². The van der Waals surface area contributed by atoms with Crippen molar-refractivity contribution in [3.63, 3.8) is 0 Å². The Labute approximate surface area is 185 Å². The van der Waals surface area contributed by atoms with E-state index in [4.69, 9.17) is 11.6 Å². The van der Waals surface area contributed by atoms with Gasteiger partial charge in [0.25, 0.3) is 5.92 Å². The number of aromatic nitrogens is 2. The number of rotatable bonds is 7. The highest BCUT2D eigenvalue weighted by atomic mass is 35.5. The molecule has 1 aromatic heterocycles. The Hall–Kier alpha value is -1.15. The maximum absolute atomic E-state index is 14.7. The van der Waals surface area contributed by atoms with Gasteiger partial charge in [-0.3, -0.25) is 0 Å². The number of nitrogens with one attached hydrogen (secondary N) is 1. The molecule has 0 unspecified atom stereocenters. The van der Waals surface area contributed by atoms with Crippen molar-refractivity contribution in [1.29, 1.82) is 0 Å². The van der Waals surface area contributed by atoms with Gasteiger partial charge in [0.2, 0.25) is 0 Å². The van der Waals surface area contributed by atoms with E-state index in [-0.39, 0.29) is 23.0 Å². The molecule has 0 radical (unpaired) electrons. The van der Waals surface area contributed by atoms with E-state index < -0.39 is 18.1 Å². The Morgan fingerprint density at radius 2 is 1.86 bits per heavy atom. The van der Waals surface area contributed by atoms with Crippen LogP contribution in [-0.2, 0) is 18.8 Å². The first-order valence-electron chi connectivity index (χ1n) is 9.27. The minimum atomic E-state index is -3.13. The largest absolute Gasteiger partial charge is 0.390 e. The Balaban J connectivity index is 0.00000300. The highest BCUT2D eigenvalue weighted by molar-refractivity contribution is 7.99. The van der Waals surface area contributed by atoms with E-state index in [0.717, 1.165) is 36.9 Å². The fraction of sp³-hybridized carbons (Fsp3) is 0.500. The van der Waals surface area contributed by atoms with Gasteiger partial charge >= 0.3 is 0 Å². The molecule has 0 aliphatic heterocycles. The first-order valence-corrected chi connectivity index (χ1v) is 10.6. The highest BCUT2D eigenvalue weighted by Crippen LogP contribution is 2.35. The smallest absolute Gasteiger partial charge is 0.291 e. The lowest BCUT2D eigenvalue weighted by molar-refractivity contribution is 0.0106. The van der Waals surface area contributed by atoms with Crippen LogP contribution in [0.4, 0.5) is 14.6 Å². The Bertz CT molecular complexity index is 847. The lowest BCUT2D eigenvalue weighted by Crippen LogP contribution is -2.27. The molecule has 0 spiro atoms. The van der Waals surface area contributed by atoms with Crippen LogP contribution in [0.25, 0.3) is 0 Å². The third-order valence-electron chi connectivity index (χ3n) is 4.46. The van der Waals surface area contributed by atoms with Gasteiger partial charge < -0.3 is 10.4 Å². The number of aliphatic hydroxyl groups is 1. The average molecular weight is 464 g/mol. The third kappa shape index (κ3) is 6.41. The molecule has 1 aromatic carbocycles. The van der Waals surface area contributed by atoms with Crippen LogP contribution in [-0.4, -0.2) is 33.0 Å². The molecule has 29 heavy (non-hydrogen) atoms. The molecular formula is C20H25Cl2F2N3OS. The molecular weight excluding hydrogens is 439 g/mol. The van der Waals surface area contributed by atoms with Crippen LogP contribution >= 0.6 is 35.8 Å². The maximum atomic E-state index is 14.7. The van der Waals surface area contributed by atoms with Crippen molar-refractivity contribution >= 4 is 41.6 Å². The fourth-order valence-corrected chi connectivity index (χ4v) is 4.16. The van der Waals surface area contributed by atoms with E-state index in [2.05, 4.69) is 15.3 Å². The van der Waals surface area contributed by atoms with Crippen molar-refractivity contribution in [1.82, 2.24) is 9.97 Å². The molecule has 1 heterocycles. The molecule has 1 aliphatic carbocycles. The molecule has 0 atom stereocenters. The molecule has 0 bridgehead atoms. The number of benzene rings is 1. The molecule has 0 saturated carbocycles. The van der Waals surface area contributed by atoms with Crippen molar-refractivity contribution < 1.29 is 13.9 Å². The molecule has 0 saturated heterocycles. The number of thioether (sulfide) groups is 1. The lowest BCUT2D eigenvalue weighted by atomic mass is 9.96. The quantitative estimate of drug-likeness (QED) is 0.419. The van der Waals surface area contributed by atoms with E-state index in [9.17, 15) is 13.9 Å². The van der Waals surface area contributed by atoms with Crippen LogP contribution < -0.4 is 5.32 Å². The molecule has 1 aliphatic rings. The number of hydrogen-bond donors (Lipinski definition) is 2. The molecule has 3 rings (SSSR count). The Kier molecular flexibility index (Phi) is 8.13. The minimum Gasteiger partial charge on any atom is -0.390 e. The van der Waals surface area contributed by atoms with Crippen molar-refractivity contribution in [2.45, 2.75) is 56.2 Å². The summed E-state index contributed by atoms with van der Waals surface area (Å²) in [5, 5.41) is 13.3. The predicted octanol–water partition coefficient (Wildman–Crippen LogP) is 5.50. The zero-order chi connectivity index (χ0) is 20.4. The summed E-state index contributed by atoms with van der Waals surface area (Å²) in [4.78, 5) is 9.06. The van der Waals surface area contributed by atoms with Gasteiger partial charge in [-0.1, -0.05) is 41.6 Å². The number of halogens is 4. The average Bonchev–Trinajstić information content (AvgIpc) is 2.64. The van der Waals surface area contributed by atoms with Crippen LogP contribution in [0.15, 0.2) is 29.4 Å². The topological polar surface area (TPSA) is 58.0 Å². The number of hydrogen-bond acceptors (Lipinski definition) is 5. The predicted molar refractivity (Wildman–Crippen MR) is 117 cm³/mol. The normalized spacial score (nSPS) is 14.1. The van der Waals surface area contributed by atoms with Crippen LogP contribution in [0.5, 0.6) is 0 Å². The second-order valence-electron chi connectivity index (χ2n) is 7.63. The zero-order valence-electron chi connectivity index (χ0n) is 16.3. The standard InChI is InChI=1S/C20H24ClF2N3OS.ClH/c1-19(2,27)12-28-18-25-16-10-6-3-7-13(16)17(26-18)24-11-20(22,23)14-8-4-5-9-15(14)21;/h4-5,8-9,27H,3,6-7,10-12H2,1-2H3,(H,24,25,26);1H. The second kappa shape index (κ2) is 9.77. The summed E-state index contributed by atoms with van der Waals surface area (Å²) in [5.41, 5.74) is 0.745. The number of fused-ring (bicyclic) bond motifs is 1. The molecule has 2 aromatic rings. The fourth-order valence-electron chi connectivity index (χ4n) is 3.07. The van der Waals surface area contributed by atoms with Gasteiger partial charge in [-0.15, -0.1) is 12.4 Å². The number of nitrogens with zero attached hydrogens (tertiary/aromatic N) is 2. The molecule has 4 nitrogen and oxygen atoms in total. The molecule has 2 N–H and O–H groups in total. The van der Waals surface area contributed by atoms with Gasteiger partial charge in [-0.2, -0.15) is 8.78 Å². The maximum Gasteiger partial charge on any atom is 0.291 e. The summed E-state index contributed by atoms with van der Waals surface area (Å²) in [5.74, 6) is -2.26.